The van der Waals surface area contributed by atoms with Crippen LogP contribution in [-0.4, -0.2) is 14.6 Å². The first-order valence-corrected chi connectivity index (χ1v) is 11.5. The number of hydrogen-bond donors (Lipinski definition) is 0. The van der Waals surface area contributed by atoms with E-state index in [4.69, 9.17) is 13.6 Å². The van der Waals surface area contributed by atoms with E-state index in [1.165, 1.54) is 6.07 Å². The molecule has 0 amide bonds. The zero-order chi connectivity index (χ0) is 19.4. The van der Waals surface area contributed by atoms with Crippen molar-refractivity contribution in [2.45, 2.75) is 52.1 Å². The van der Waals surface area contributed by atoms with Crippen molar-refractivity contribution in [2.75, 3.05) is 0 Å². The first-order valence-electron chi connectivity index (χ1n) is 8.57. The largest absolute Gasteiger partial charge is 0.481 e. The number of carbonyl (C=O) groups excluding carboxylic acids is 1. The number of hydrogen-bond acceptors (Lipinski definition) is 5. The molecule has 0 aliphatic heterocycles. The molecule has 0 saturated carbocycles. The summed E-state index contributed by atoms with van der Waals surface area (Å²) in [6, 6.07) is 10.7. The summed E-state index contributed by atoms with van der Waals surface area (Å²) in [5, 5.41) is 0.0412. The fourth-order valence-electron chi connectivity index (χ4n) is 2.04. The molecular weight excluding hydrogens is 348 g/mol. The van der Waals surface area contributed by atoms with E-state index in [1.807, 2.05) is 30.3 Å². The number of aldehydes is 1. The van der Waals surface area contributed by atoms with Gasteiger partial charge in [-0.15, -0.1) is 0 Å². The highest BCUT2D eigenvalue weighted by atomic mass is 28.4. The Morgan fingerprint density at radius 3 is 2.35 bits per heavy atom. The van der Waals surface area contributed by atoms with Gasteiger partial charge in [-0.05, 0) is 23.7 Å². The van der Waals surface area contributed by atoms with Crippen LogP contribution in [0.1, 0.15) is 42.6 Å². The van der Waals surface area contributed by atoms with Gasteiger partial charge in [0.05, 0.1) is 6.61 Å². The Kier molecular flexibility index (Phi) is 6.20. The Morgan fingerprint density at radius 1 is 1.12 bits per heavy atom. The van der Waals surface area contributed by atoms with Gasteiger partial charge in [0.15, 0.2) is 14.6 Å². The van der Waals surface area contributed by atoms with Crippen LogP contribution in [0.15, 0.2) is 45.6 Å². The van der Waals surface area contributed by atoms with Crippen LogP contribution in [-0.2, 0) is 17.6 Å². The third-order valence-corrected chi connectivity index (χ3v) is 9.17. The summed E-state index contributed by atoms with van der Waals surface area (Å²) in [6.07, 6.45) is 0.498. The second-order valence-corrected chi connectivity index (χ2v) is 12.5. The number of ether oxygens (including phenoxy) is 1. The predicted octanol–water partition coefficient (Wildman–Crippen LogP) is 4.55. The minimum atomic E-state index is -1.99. The van der Waals surface area contributed by atoms with E-state index in [9.17, 15) is 9.59 Å². The molecule has 0 unspecified atom stereocenters. The summed E-state index contributed by atoms with van der Waals surface area (Å²) in [5.74, 6) is 0.149. The van der Waals surface area contributed by atoms with Gasteiger partial charge in [-0.25, -0.2) is 0 Å². The summed E-state index contributed by atoms with van der Waals surface area (Å²) in [6.45, 7) is 11.0. The van der Waals surface area contributed by atoms with Gasteiger partial charge in [-0.1, -0.05) is 51.1 Å². The highest BCUT2D eigenvalue weighted by molar-refractivity contribution is 6.74. The molecule has 0 N–H and O–H groups in total. The fourth-order valence-corrected chi connectivity index (χ4v) is 2.98. The molecule has 2 aromatic rings. The summed E-state index contributed by atoms with van der Waals surface area (Å²) < 4.78 is 17.1. The molecule has 0 spiro atoms. The molecule has 0 atom stereocenters. The molecule has 0 saturated heterocycles. The maximum atomic E-state index is 12.4. The van der Waals surface area contributed by atoms with E-state index in [-0.39, 0.29) is 35.2 Å². The normalized spacial score (nSPS) is 12.0. The van der Waals surface area contributed by atoms with Gasteiger partial charge in [0.2, 0.25) is 16.9 Å². The van der Waals surface area contributed by atoms with Gasteiger partial charge in [-0.2, -0.15) is 0 Å². The van der Waals surface area contributed by atoms with Crippen LogP contribution in [0.5, 0.6) is 5.75 Å². The van der Waals surface area contributed by atoms with E-state index in [0.717, 1.165) is 5.56 Å². The topological polar surface area (TPSA) is 65.7 Å². The highest BCUT2D eigenvalue weighted by Gasteiger charge is 2.37. The third-order valence-electron chi connectivity index (χ3n) is 4.70. The fraction of sp³-hybridized carbons (Fsp3) is 0.400. The van der Waals surface area contributed by atoms with Crippen molar-refractivity contribution in [1.82, 2.24) is 0 Å². The zero-order valence-electron chi connectivity index (χ0n) is 16.0. The van der Waals surface area contributed by atoms with Crippen molar-refractivity contribution in [2.24, 2.45) is 0 Å². The van der Waals surface area contributed by atoms with Crippen molar-refractivity contribution < 1.29 is 18.4 Å². The van der Waals surface area contributed by atoms with Crippen LogP contribution in [0, 0.1) is 0 Å². The van der Waals surface area contributed by atoms with E-state index < -0.39 is 8.32 Å². The molecule has 1 aromatic heterocycles. The van der Waals surface area contributed by atoms with Crippen LogP contribution in [0.25, 0.3) is 0 Å². The third kappa shape index (κ3) is 4.92. The Morgan fingerprint density at radius 2 is 1.77 bits per heavy atom. The first kappa shape index (κ1) is 20.1. The molecule has 6 heteroatoms. The van der Waals surface area contributed by atoms with Gasteiger partial charge in [0.1, 0.15) is 12.4 Å². The van der Waals surface area contributed by atoms with Crippen molar-refractivity contribution >= 4 is 14.6 Å². The number of carbonyl (C=O) groups is 1. The lowest BCUT2D eigenvalue weighted by Crippen LogP contribution is -2.40. The lowest BCUT2D eigenvalue weighted by molar-refractivity contribution is 0.108. The van der Waals surface area contributed by atoms with Crippen LogP contribution in [0.2, 0.25) is 18.1 Å². The maximum absolute atomic E-state index is 12.4. The molecule has 0 fully saturated rings. The van der Waals surface area contributed by atoms with Crippen molar-refractivity contribution in [3.63, 3.8) is 0 Å². The molecule has 0 bridgehead atoms. The molecule has 0 radical (unpaired) electrons. The monoisotopic (exact) mass is 374 g/mol. The second-order valence-electron chi connectivity index (χ2n) is 7.71. The van der Waals surface area contributed by atoms with Gasteiger partial charge in [0, 0.05) is 6.07 Å². The molecule has 1 heterocycles. The Bertz CT molecular complexity index is 803. The minimum absolute atomic E-state index is 0.0412. The summed E-state index contributed by atoms with van der Waals surface area (Å²) in [5.41, 5.74) is 0.511. The molecule has 0 aliphatic rings. The highest BCUT2D eigenvalue weighted by Crippen LogP contribution is 2.37. The van der Waals surface area contributed by atoms with Gasteiger partial charge < -0.3 is 13.6 Å². The lowest BCUT2D eigenvalue weighted by Gasteiger charge is -2.35. The van der Waals surface area contributed by atoms with Crippen molar-refractivity contribution in [3.05, 3.63) is 63.7 Å². The first-order chi connectivity index (χ1) is 12.1. The Labute approximate surface area is 155 Å². The zero-order valence-corrected chi connectivity index (χ0v) is 17.0. The molecular formula is C20H26O5Si. The molecule has 5 nitrogen and oxygen atoms in total. The smallest absolute Gasteiger partial charge is 0.227 e. The van der Waals surface area contributed by atoms with E-state index in [0.29, 0.717) is 12.0 Å². The van der Waals surface area contributed by atoms with Crippen LogP contribution in [0.4, 0.5) is 0 Å². The quantitative estimate of drug-likeness (QED) is 0.525. The van der Waals surface area contributed by atoms with E-state index in [1.54, 1.807) is 0 Å². The second kappa shape index (κ2) is 8.01. The Balaban J connectivity index is 2.16. The van der Waals surface area contributed by atoms with Gasteiger partial charge in [-0.3, -0.25) is 9.59 Å². The van der Waals surface area contributed by atoms with Crippen molar-refractivity contribution in [1.29, 1.82) is 0 Å². The summed E-state index contributed by atoms with van der Waals surface area (Å²) in [7, 11) is -1.99. The van der Waals surface area contributed by atoms with Crippen LogP contribution >= 0.6 is 0 Å². The number of benzene rings is 1. The standard InChI is InChI=1S/C20H26O5Si/c1-20(2,3)26(4,5)24-14-16-11-17(22)19(18(12-21)25-16)23-13-15-9-7-6-8-10-15/h6-12H,13-14H2,1-5H3. The molecule has 0 aliphatic carbocycles. The molecule has 1 aromatic carbocycles. The van der Waals surface area contributed by atoms with Gasteiger partial charge >= 0.3 is 0 Å². The molecule has 26 heavy (non-hydrogen) atoms. The predicted molar refractivity (Wildman–Crippen MR) is 103 cm³/mol. The molecule has 140 valence electrons. The SMILES string of the molecule is CC(C)(C)[Si](C)(C)OCc1cc(=O)c(OCc2ccccc2)c(C=O)o1. The van der Waals surface area contributed by atoms with Gasteiger partial charge in [0.25, 0.3) is 0 Å². The van der Waals surface area contributed by atoms with E-state index in [2.05, 4.69) is 33.9 Å². The number of rotatable bonds is 7. The Hall–Kier alpha value is -2.18. The molecule has 2 rings (SSSR count). The lowest BCUT2D eigenvalue weighted by atomic mass is 10.2. The van der Waals surface area contributed by atoms with Crippen LogP contribution in [0.3, 0.4) is 0 Å². The van der Waals surface area contributed by atoms with E-state index >= 15 is 0 Å². The minimum Gasteiger partial charge on any atom is -0.481 e. The van der Waals surface area contributed by atoms with Crippen LogP contribution < -0.4 is 10.2 Å². The average molecular weight is 375 g/mol. The average Bonchev–Trinajstić information content (AvgIpc) is 2.58. The van der Waals surface area contributed by atoms with Crippen molar-refractivity contribution in [3.8, 4) is 5.75 Å². The summed E-state index contributed by atoms with van der Waals surface area (Å²) in [4.78, 5) is 23.7. The summed E-state index contributed by atoms with van der Waals surface area (Å²) >= 11 is 0. The maximum Gasteiger partial charge on any atom is 0.227 e.